The fourth-order valence-corrected chi connectivity index (χ4v) is 0.898. The lowest BCUT2D eigenvalue weighted by atomic mass is 10.3. The summed E-state index contributed by atoms with van der Waals surface area (Å²) in [7, 11) is 0. The van der Waals surface area contributed by atoms with Crippen molar-refractivity contribution >= 4 is 6.03 Å². The lowest BCUT2D eigenvalue weighted by molar-refractivity contribution is 0.241. The van der Waals surface area contributed by atoms with Crippen LogP contribution in [-0.4, -0.2) is 16.2 Å². The predicted molar refractivity (Wildman–Crippen MR) is 76.3 cm³/mol. The number of phenolic OH excluding ortho intramolecular Hbond substituents is 2. The molecule has 0 aliphatic heterocycles. The minimum absolute atomic E-state index is 0.322. The van der Waals surface area contributed by atoms with Gasteiger partial charge in [0.2, 0.25) is 0 Å². The summed E-state index contributed by atoms with van der Waals surface area (Å²) in [5.41, 5.74) is 3.48. The molecule has 2 aromatic carbocycles. The third-order valence-corrected chi connectivity index (χ3v) is 1.77. The minimum atomic E-state index is -0.602. The van der Waals surface area contributed by atoms with Crippen molar-refractivity contribution in [2.24, 2.45) is 11.7 Å². The number of benzene rings is 2. The van der Waals surface area contributed by atoms with Crippen molar-refractivity contribution in [3.8, 4) is 11.5 Å². The van der Waals surface area contributed by atoms with Gasteiger partial charge < -0.3 is 10.2 Å². The van der Waals surface area contributed by atoms with Crippen molar-refractivity contribution < 1.29 is 15.0 Å². The molecule has 20 heavy (non-hydrogen) atoms. The van der Waals surface area contributed by atoms with Crippen LogP contribution in [-0.2, 0) is 0 Å². The second kappa shape index (κ2) is 11.3. The molecule has 0 heterocycles. The number of aromatic hydroxyl groups is 2. The minimum Gasteiger partial charge on any atom is -0.508 e. The van der Waals surface area contributed by atoms with Gasteiger partial charge in [-0.05, 0) is 24.3 Å². The van der Waals surface area contributed by atoms with Gasteiger partial charge in [0.15, 0.2) is 0 Å². The van der Waals surface area contributed by atoms with Crippen LogP contribution >= 0.6 is 0 Å². The molecule has 2 amide bonds. The van der Waals surface area contributed by atoms with Crippen LogP contribution in [0.3, 0.4) is 0 Å². The summed E-state index contributed by atoms with van der Waals surface area (Å²) in [4.78, 5) is 9.71. The van der Waals surface area contributed by atoms with Crippen LogP contribution in [0.4, 0.5) is 4.79 Å². The highest BCUT2D eigenvalue weighted by atomic mass is 16.3. The summed E-state index contributed by atoms with van der Waals surface area (Å²) in [6, 6.07) is 16.8. The molecule has 2 rings (SSSR count). The highest BCUT2D eigenvalue weighted by molar-refractivity contribution is 5.72. The van der Waals surface area contributed by atoms with Crippen LogP contribution in [0.25, 0.3) is 0 Å². The maximum absolute atomic E-state index is 9.71. The summed E-state index contributed by atoms with van der Waals surface area (Å²) in [5.74, 6) is 9.72. The Morgan fingerprint density at radius 3 is 1.15 bits per heavy atom. The quantitative estimate of drug-likeness (QED) is 0.241. The SMILES string of the molecule is NNC(=O)NN.Oc1ccccc1.Oc1ccccc1. The first-order chi connectivity index (χ1) is 9.60. The van der Waals surface area contributed by atoms with Gasteiger partial charge in [0.05, 0.1) is 0 Å². The second-order valence-corrected chi connectivity index (χ2v) is 3.29. The van der Waals surface area contributed by atoms with Crippen molar-refractivity contribution in [3.05, 3.63) is 60.7 Å². The summed E-state index contributed by atoms with van der Waals surface area (Å²) in [5, 5.41) is 17.3. The third-order valence-electron chi connectivity index (χ3n) is 1.77. The zero-order valence-corrected chi connectivity index (χ0v) is 10.7. The molecule has 0 fully saturated rings. The molecule has 0 aromatic heterocycles. The molecule has 0 radical (unpaired) electrons. The highest BCUT2D eigenvalue weighted by Crippen LogP contribution is 2.03. The Hall–Kier alpha value is -2.77. The van der Waals surface area contributed by atoms with Crippen LogP contribution in [0.1, 0.15) is 0 Å². The van der Waals surface area contributed by atoms with Crippen molar-refractivity contribution in [2.45, 2.75) is 0 Å². The van der Waals surface area contributed by atoms with Crippen LogP contribution in [0.2, 0.25) is 0 Å². The average Bonchev–Trinajstić information content (AvgIpc) is 2.49. The van der Waals surface area contributed by atoms with Gasteiger partial charge in [0.1, 0.15) is 11.5 Å². The van der Waals surface area contributed by atoms with Crippen LogP contribution in [0, 0.1) is 0 Å². The van der Waals surface area contributed by atoms with Gasteiger partial charge in [-0.15, -0.1) is 0 Å². The fraction of sp³-hybridized carbons (Fsp3) is 0. The van der Waals surface area contributed by atoms with E-state index in [1.165, 1.54) is 0 Å². The van der Waals surface area contributed by atoms with E-state index in [4.69, 9.17) is 10.2 Å². The maximum Gasteiger partial charge on any atom is 0.343 e. The van der Waals surface area contributed by atoms with Crippen LogP contribution < -0.4 is 22.5 Å². The van der Waals surface area contributed by atoms with E-state index in [0.717, 1.165) is 0 Å². The zero-order chi connectivity index (χ0) is 15.2. The van der Waals surface area contributed by atoms with E-state index in [-0.39, 0.29) is 0 Å². The number of amides is 2. The number of carbonyl (C=O) groups is 1. The Balaban J connectivity index is 0.000000272. The molecule has 0 unspecified atom stereocenters. The van der Waals surface area contributed by atoms with Crippen molar-refractivity contribution in [1.29, 1.82) is 0 Å². The van der Waals surface area contributed by atoms with Crippen molar-refractivity contribution in [3.63, 3.8) is 0 Å². The number of hydrazine groups is 2. The van der Waals surface area contributed by atoms with E-state index in [2.05, 4.69) is 11.7 Å². The molecule has 2 aromatic rings. The lowest BCUT2D eigenvalue weighted by Gasteiger charge is -1.90. The number of rotatable bonds is 0. The van der Waals surface area contributed by atoms with Crippen LogP contribution in [0.5, 0.6) is 11.5 Å². The first-order valence-corrected chi connectivity index (χ1v) is 5.55. The molecule has 0 saturated heterocycles. The molecule has 0 aliphatic carbocycles. The first kappa shape index (κ1) is 17.2. The highest BCUT2D eigenvalue weighted by Gasteiger charge is 1.83. The Bertz CT molecular complexity index is 422. The normalized spacial score (nSPS) is 8.10. The molecule has 0 saturated carbocycles. The largest absolute Gasteiger partial charge is 0.508 e. The molecular formula is C13H18N4O3. The number of hydrogen-bond acceptors (Lipinski definition) is 5. The average molecular weight is 278 g/mol. The lowest BCUT2D eigenvalue weighted by Crippen LogP contribution is -2.43. The second-order valence-electron chi connectivity index (χ2n) is 3.29. The molecule has 0 atom stereocenters. The summed E-state index contributed by atoms with van der Waals surface area (Å²) in [6.07, 6.45) is 0. The summed E-state index contributed by atoms with van der Waals surface area (Å²) < 4.78 is 0. The number of para-hydroxylation sites is 2. The first-order valence-electron chi connectivity index (χ1n) is 5.55. The Labute approximate surface area is 116 Å². The van der Waals surface area contributed by atoms with E-state index in [9.17, 15) is 4.79 Å². The number of nitrogens with two attached hydrogens (primary N) is 2. The van der Waals surface area contributed by atoms with E-state index in [1.54, 1.807) is 59.4 Å². The molecule has 0 aliphatic rings. The van der Waals surface area contributed by atoms with Gasteiger partial charge in [-0.3, -0.25) is 10.9 Å². The molecule has 7 nitrogen and oxygen atoms in total. The number of urea groups is 1. The third kappa shape index (κ3) is 10.4. The van der Waals surface area contributed by atoms with Gasteiger partial charge in [-0.25, -0.2) is 16.5 Å². The molecular weight excluding hydrogens is 260 g/mol. The van der Waals surface area contributed by atoms with E-state index in [0.29, 0.717) is 11.5 Å². The number of nitrogens with one attached hydrogen (secondary N) is 2. The predicted octanol–water partition coefficient (Wildman–Crippen LogP) is 0.817. The van der Waals surface area contributed by atoms with E-state index >= 15 is 0 Å². The van der Waals surface area contributed by atoms with Gasteiger partial charge in [0.25, 0.3) is 0 Å². The van der Waals surface area contributed by atoms with Gasteiger partial charge in [-0.1, -0.05) is 36.4 Å². The molecule has 0 spiro atoms. The standard InChI is InChI=1S/2C6H6O.CH6N4O/c2*7-6-4-2-1-3-5-6;2-4-1(6)5-3/h2*1-5,7H;2-3H2,(H2,4,5,6). The molecule has 8 N–H and O–H groups in total. The van der Waals surface area contributed by atoms with Gasteiger partial charge >= 0.3 is 6.03 Å². The molecule has 108 valence electrons. The fourth-order valence-electron chi connectivity index (χ4n) is 0.898. The number of phenols is 2. The Morgan fingerprint density at radius 1 is 0.750 bits per heavy atom. The maximum atomic E-state index is 9.71. The van der Waals surface area contributed by atoms with Gasteiger partial charge in [-0.2, -0.15) is 0 Å². The topological polar surface area (TPSA) is 134 Å². The van der Waals surface area contributed by atoms with Gasteiger partial charge in [0, 0.05) is 0 Å². The smallest absolute Gasteiger partial charge is 0.343 e. The zero-order valence-electron chi connectivity index (χ0n) is 10.7. The van der Waals surface area contributed by atoms with Crippen molar-refractivity contribution in [2.75, 3.05) is 0 Å². The Morgan fingerprint density at radius 2 is 1.05 bits per heavy atom. The molecule has 7 heteroatoms. The van der Waals surface area contributed by atoms with E-state index < -0.39 is 6.03 Å². The number of carbonyl (C=O) groups excluding carboxylic acids is 1. The van der Waals surface area contributed by atoms with Crippen LogP contribution in [0.15, 0.2) is 60.7 Å². The molecule has 0 bridgehead atoms. The monoisotopic (exact) mass is 278 g/mol. The Kier molecular flexibility index (Phi) is 9.76. The van der Waals surface area contributed by atoms with E-state index in [1.807, 2.05) is 12.1 Å². The summed E-state index contributed by atoms with van der Waals surface area (Å²) >= 11 is 0. The summed E-state index contributed by atoms with van der Waals surface area (Å²) in [6.45, 7) is 0. The van der Waals surface area contributed by atoms with Crippen molar-refractivity contribution in [1.82, 2.24) is 10.9 Å². The number of hydrogen-bond donors (Lipinski definition) is 6.